The molecule has 0 saturated carbocycles. The Balaban J connectivity index is 3.36. The van der Waals surface area contributed by atoms with Crippen molar-refractivity contribution in [2.75, 3.05) is 7.11 Å². The van der Waals surface area contributed by atoms with Crippen molar-refractivity contribution in [3.05, 3.63) is 29.1 Å². The van der Waals surface area contributed by atoms with E-state index in [-0.39, 0.29) is 12.0 Å². The minimum absolute atomic E-state index is 0.154. The molecule has 94 valence electrons. The van der Waals surface area contributed by atoms with Gasteiger partial charge in [0.15, 0.2) is 0 Å². The molecule has 0 radical (unpaired) electrons. The highest BCUT2D eigenvalue weighted by atomic mass is 19.1. The normalized spacial score (nSPS) is 11.4. The van der Waals surface area contributed by atoms with Crippen LogP contribution in [0.1, 0.15) is 31.9 Å². The smallest absolute Gasteiger partial charge is 0.307 e. The number of aliphatic carboxylic acids is 1. The number of hydrogen-bond acceptors (Lipinski definition) is 2. The number of rotatable bonds is 3. The molecule has 0 unspecified atom stereocenters. The zero-order valence-corrected chi connectivity index (χ0v) is 10.5. The third-order valence-corrected chi connectivity index (χ3v) is 2.51. The molecular formula is C13H17FO3. The summed E-state index contributed by atoms with van der Waals surface area (Å²) in [6, 6.07) is 3.04. The highest BCUT2D eigenvalue weighted by Crippen LogP contribution is 2.31. The maximum atomic E-state index is 14.1. The van der Waals surface area contributed by atoms with Crippen LogP contribution in [0, 0.1) is 5.82 Å². The number of benzene rings is 1. The van der Waals surface area contributed by atoms with Crippen LogP contribution in [0.3, 0.4) is 0 Å². The van der Waals surface area contributed by atoms with Crippen molar-refractivity contribution in [3.63, 3.8) is 0 Å². The lowest BCUT2D eigenvalue weighted by Crippen LogP contribution is -2.16. The molecular weight excluding hydrogens is 223 g/mol. The Kier molecular flexibility index (Phi) is 3.76. The lowest BCUT2D eigenvalue weighted by molar-refractivity contribution is -0.136. The first-order valence-electron chi connectivity index (χ1n) is 5.34. The van der Waals surface area contributed by atoms with Crippen molar-refractivity contribution >= 4 is 5.97 Å². The fraction of sp³-hybridized carbons (Fsp3) is 0.462. The summed E-state index contributed by atoms with van der Waals surface area (Å²) in [6.45, 7) is 5.61. The fourth-order valence-corrected chi connectivity index (χ4v) is 1.61. The van der Waals surface area contributed by atoms with Gasteiger partial charge in [0.2, 0.25) is 0 Å². The van der Waals surface area contributed by atoms with Crippen molar-refractivity contribution < 1.29 is 19.0 Å². The molecule has 3 nitrogen and oxygen atoms in total. The van der Waals surface area contributed by atoms with Gasteiger partial charge in [-0.25, -0.2) is 4.39 Å². The molecule has 1 rings (SSSR count). The summed E-state index contributed by atoms with van der Waals surface area (Å²) in [5.41, 5.74) is 0.223. The second kappa shape index (κ2) is 4.73. The van der Waals surface area contributed by atoms with E-state index in [1.165, 1.54) is 13.2 Å². The molecule has 1 N–H and O–H groups in total. The van der Waals surface area contributed by atoms with Gasteiger partial charge in [-0.1, -0.05) is 20.8 Å². The average Bonchev–Trinajstić information content (AvgIpc) is 2.18. The quantitative estimate of drug-likeness (QED) is 0.883. The Hall–Kier alpha value is -1.58. The largest absolute Gasteiger partial charge is 0.497 e. The third-order valence-electron chi connectivity index (χ3n) is 2.51. The van der Waals surface area contributed by atoms with Gasteiger partial charge in [-0.2, -0.15) is 0 Å². The molecule has 17 heavy (non-hydrogen) atoms. The van der Waals surface area contributed by atoms with Gasteiger partial charge >= 0.3 is 5.97 Å². The Labute approximate surface area is 100 Å². The van der Waals surface area contributed by atoms with Crippen LogP contribution in [-0.2, 0) is 16.6 Å². The van der Waals surface area contributed by atoms with Gasteiger partial charge in [0, 0.05) is 5.56 Å². The Bertz CT molecular complexity index is 433. The summed E-state index contributed by atoms with van der Waals surface area (Å²) in [6.07, 6.45) is -0.341. The summed E-state index contributed by atoms with van der Waals surface area (Å²) >= 11 is 0. The Morgan fingerprint density at radius 3 is 2.41 bits per heavy atom. The van der Waals surface area contributed by atoms with Crippen molar-refractivity contribution in [1.29, 1.82) is 0 Å². The van der Waals surface area contributed by atoms with E-state index >= 15 is 0 Å². The van der Waals surface area contributed by atoms with Crippen LogP contribution in [0.15, 0.2) is 12.1 Å². The predicted octanol–water partition coefficient (Wildman–Crippen LogP) is 2.76. The van der Waals surface area contributed by atoms with Gasteiger partial charge < -0.3 is 9.84 Å². The molecule has 0 aromatic heterocycles. The molecule has 0 fully saturated rings. The van der Waals surface area contributed by atoms with Crippen LogP contribution in [0.2, 0.25) is 0 Å². The van der Waals surface area contributed by atoms with Gasteiger partial charge in [-0.05, 0) is 23.1 Å². The first-order valence-corrected chi connectivity index (χ1v) is 5.34. The summed E-state index contributed by atoms with van der Waals surface area (Å²) in [5.74, 6) is -1.04. The van der Waals surface area contributed by atoms with Gasteiger partial charge in [0.1, 0.15) is 11.6 Å². The number of hydrogen-bond donors (Lipinski definition) is 1. The first-order chi connectivity index (χ1) is 7.75. The highest BCUT2D eigenvalue weighted by molar-refractivity contribution is 5.70. The molecule has 0 saturated heterocycles. The number of carboxylic acid groups (broad SMARTS) is 1. The molecule has 0 aliphatic heterocycles. The zero-order chi connectivity index (χ0) is 13.2. The summed E-state index contributed by atoms with van der Waals surface area (Å²) in [4.78, 5) is 10.7. The lowest BCUT2D eigenvalue weighted by Gasteiger charge is -2.22. The maximum Gasteiger partial charge on any atom is 0.307 e. The number of carboxylic acids is 1. The van der Waals surface area contributed by atoms with E-state index in [9.17, 15) is 9.18 Å². The van der Waals surface area contributed by atoms with Gasteiger partial charge in [-0.3, -0.25) is 4.79 Å². The topological polar surface area (TPSA) is 46.5 Å². The van der Waals surface area contributed by atoms with Gasteiger partial charge in [0.25, 0.3) is 0 Å². The van der Waals surface area contributed by atoms with Crippen LogP contribution in [0.25, 0.3) is 0 Å². The van der Waals surface area contributed by atoms with E-state index in [2.05, 4.69) is 0 Å². The highest BCUT2D eigenvalue weighted by Gasteiger charge is 2.22. The van der Waals surface area contributed by atoms with Crippen LogP contribution in [0.4, 0.5) is 4.39 Å². The Morgan fingerprint density at radius 1 is 1.41 bits per heavy atom. The van der Waals surface area contributed by atoms with Crippen molar-refractivity contribution in [2.45, 2.75) is 32.6 Å². The summed E-state index contributed by atoms with van der Waals surface area (Å²) in [7, 11) is 1.48. The Morgan fingerprint density at radius 2 is 2.00 bits per heavy atom. The fourth-order valence-electron chi connectivity index (χ4n) is 1.61. The number of carbonyl (C=O) groups is 1. The monoisotopic (exact) mass is 240 g/mol. The van der Waals surface area contributed by atoms with Crippen LogP contribution in [0.5, 0.6) is 5.75 Å². The maximum absolute atomic E-state index is 14.1. The molecule has 0 heterocycles. The predicted molar refractivity (Wildman–Crippen MR) is 63.0 cm³/mol. The number of methoxy groups -OCH3 is 1. The molecule has 0 aliphatic carbocycles. The number of ether oxygens (including phenoxy) is 1. The SMILES string of the molecule is COc1cc(CC(=O)O)c(F)c(C(C)(C)C)c1. The molecule has 1 aromatic carbocycles. The molecule has 0 bridgehead atoms. The van der Waals surface area contributed by atoms with Crippen molar-refractivity contribution in [3.8, 4) is 5.75 Å². The molecule has 1 aromatic rings. The van der Waals surface area contributed by atoms with E-state index in [0.29, 0.717) is 11.3 Å². The summed E-state index contributed by atoms with van der Waals surface area (Å²) in [5, 5.41) is 8.74. The lowest BCUT2D eigenvalue weighted by atomic mass is 9.85. The molecule has 0 atom stereocenters. The third kappa shape index (κ3) is 3.19. The van der Waals surface area contributed by atoms with Gasteiger partial charge in [0.05, 0.1) is 13.5 Å². The first kappa shape index (κ1) is 13.5. The van der Waals surface area contributed by atoms with E-state index < -0.39 is 17.2 Å². The molecule has 0 amide bonds. The van der Waals surface area contributed by atoms with E-state index in [0.717, 1.165) is 0 Å². The van der Waals surface area contributed by atoms with Crippen LogP contribution in [-0.4, -0.2) is 18.2 Å². The number of halogens is 1. The van der Waals surface area contributed by atoms with E-state index in [1.807, 2.05) is 20.8 Å². The molecule has 0 spiro atoms. The van der Waals surface area contributed by atoms with Crippen molar-refractivity contribution in [2.24, 2.45) is 0 Å². The van der Waals surface area contributed by atoms with Crippen LogP contribution >= 0.6 is 0 Å². The second-order valence-corrected chi connectivity index (χ2v) is 4.97. The van der Waals surface area contributed by atoms with Crippen molar-refractivity contribution in [1.82, 2.24) is 0 Å². The second-order valence-electron chi connectivity index (χ2n) is 4.97. The van der Waals surface area contributed by atoms with E-state index in [1.54, 1.807) is 6.07 Å². The minimum atomic E-state index is -1.06. The van der Waals surface area contributed by atoms with Crippen LogP contribution < -0.4 is 4.74 Å². The zero-order valence-electron chi connectivity index (χ0n) is 10.5. The minimum Gasteiger partial charge on any atom is -0.497 e. The standard InChI is InChI=1S/C13H17FO3/c1-13(2,3)10-7-9(17-4)5-8(12(10)14)6-11(15)16/h5,7H,6H2,1-4H3,(H,15,16). The molecule has 4 heteroatoms. The molecule has 0 aliphatic rings. The summed E-state index contributed by atoms with van der Waals surface area (Å²) < 4.78 is 19.2. The van der Waals surface area contributed by atoms with E-state index in [4.69, 9.17) is 9.84 Å². The van der Waals surface area contributed by atoms with Gasteiger partial charge in [-0.15, -0.1) is 0 Å². The average molecular weight is 240 g/mol.